The molecule has 0 radical (unpaired) electrons. The second-order valence-corrected chi connectivity index (χ2v) is 18.7. The highest BCUT2D eigenvalue weighted by Gasteiger charge is 2.35. The Kier molecular flexibility index (Phi) is 6.37. The number of thiophene rings is 1. The zero-order chi connectivity index (χ0) is 34.6. The Bertz CT molecular complexity index is 3060. The van der Waals surface area contributed by atoms with E-state index in [-0.39, 0.29) is 0 Å². The predicted molar refractivity (Wildman–Crippen MR) is 226 cm³/mol. The normalized spacial score (nSPS) is 14.0. The first-order chi connectivity index (χ1) is 25.5. The molecule has 1 aliphatic rings. The smallest absolute Gasteiger partial charge is 0.137 e. The number of para-hydroxylation sites is 1. The summed E-state index contributed by atoms with van der Waals surface area (Å²) in [5.41, 5.74) is 10.4. The fourth-order valence-corrected chi connectivity index (χ4v) is 12.2. The van der Waals surface area contributed by atoms with Crippen LogP contribution in [0, 0.1) is 0 Å². The van der Waals surface area contributed by atoms with E-state index >= 15 is 0 Å². The van der Waals surface area contributed by atoms with Crippen molar-refractivity contribution >= 4 is 91.3 Å². The third-order valence-electron chi connectivity index (χ3n) is 10.9. The van der Waals surface area contributed by atoms with Gasteiger partial charge in [-0.3, -0.25) is 0 Å². The Balaban J connectivity index is 1.11. The molecule has 10 aromatic rings. The summed E-state index contributed by atoms with van der Waals surface area (Å²) in [6.45, 7) is 0. The van der Waals surface area contributed by atoms with Crippen molar-refractivity contribution in [1.29, 1.82) is 0 Å². The van der Waals surface area contributed by atoms with Crippen LogP contribution in [0.3, 0.4) is 0 Å². The van der Waals surface area contributed by atoms with Crippen molar-refractivity contribution in [2.45, 2.75) is 9.79 Å². The molecule has 4 heteroatoms. The summed E-state index contributed by atoms with van der Waals surface area (Å²) in [5, 5.41) is 7.46. The van der Waals surface area contributed by atoms with Gasteiger partial charge in [-0.25, -0.2) is 0 Å². The van der Waals surface area contributed by atoms with Gasteiger partial charge in [0.15, 0.2) is 0 Å². The molecule has 0 aliphatic carbocycles. The molecule has 0 N–H and O–H groups in total. The van der Waals surface area contributed by atoms with E-state index in [2.05, 4.69) is 175 Å². The lowest BCUT2D eigenvalue weighted by Crippen LogP contribution is -2.11. The van der Waals surface area contributed by atoms with E-state index in [0.29, 0.717) is 0 Å². The van der Waals surface area contributed by atoms with Crippen LogP contribution in [0.15, 0.2) is 178 Å². The van der Waals surface area contributed by atoms with Crippen molar-refractivity contribution in [2.24, 2.45) is 0 Å². The number of hydrogen-bond acceptors (Lipinski definition) is 3. The van der Waals surface area contributed by atoms with Crippen molar-refractivity contribution in [2.75, 3.05) is 17.4 Å². The van der Waals surface area contributed by atoms with E-state index in [9.17, 15) is 0 Å². The summed E-state index contributed by atoms with van der Waals surface area (Å²) in [6.07, 6.45) is 4.93. The average Bonchev–Trinajstić information content (AvgIpc) is 3.83. The van der Waals surface area contributed by atoms with Crippen LogP contribution in [-0.2, 0) is 0 Å². The third kappa shape index (κ3) is 4.32. The van der Waals surface area contributed by atoms with Crippen LogP contribution in [0.4, 0.5) is 17.1 Å². The standard InChI is InChI=1S/C48H33NOS2/c1-52(2)44-27-26-37-36-12-6-8-17-43(36)51-48(37)47(44)39-25-24-35(29-45(39)52)49(40-14-9-16-42-46(40)38-13-5-7-15-41(38)50-42)34-22-20-31(21-23-34)33-19-18-30-10-3-4-11-32(30)28-33/h3-29H,1-2H3. The van der Waals surface area contributed by atoms with Crippen molar-refractivity contribution < 1.29 is 4.42 Å². The molecular weight excluding hydrogens is 671 g/mol. The van der Waals surface area contributed by atoms with E-state index in [1.807, 2.05) is 17.4 Å². The van der Waals surface area contributed by atoms with Crippen LogP contribution in [0.5, 0.6) is 0 Å². The van der Waals surface area contributed by atoms with Gasteiger partial charge in [0.25, 0.3) is 0 Å². The van der Waals surface area contributed by atoms with E-state index in [0.717, 1.165) is 39.0 Å². The van der Waals surface area contributed by atoms with E-state index in [1.165, 1.54) is 63.0 Å². The number of rotatable bonds is 4. The monoisotopic (exact) mass is 703 g/mol. The third-order valence-corrected chi connectivity index (χ3v) is 15.0. The zero-order valence-corrected chi connectivity index (χ0v) is 30.4. The first kappa shape index (κ1) is 29.9. The Morgan fingerprint density at radius 1 is 0.519 bits per heavy atom. The molecule has 8 aromatic carbocycles. The van der Waals surface area contributed by atoms with E-state index < -0.39 is 10.0 Å². The molecule has 0 bridgehead atoms. The number of anilines is 3. The summed E-state index contributed by atoms with van der Waals surface area (Å²) in [6, 6.07) is 60.0. The van der Waals surface area contributed by atoms with Crippen LogP contribution in [0.1, 0.15) is 0 Å². The van der Waals surface area contributed by atoms with Gasteiger partial charge >= 0.3 is 0 Å². The van der Waals surface area contributed by atoms with Crippen molar-refractivity contribution in [1.82, 2.24) is 0 Å². The number of hydrogen-bond donors (Lipinski definition) is 0. The van der Waals surface area contributed by atoms with Crippen molar-refractivity contribution in [3.8, 4) is 22.3 Å². The maximum Gasteiger partial charge on any atom is 0.137 e. The second-order valence-electron chi connectivity index (χ2n) is 14.1. The highest BCUT2D eigenvalue weighted by Crippen LogP contribution is 2.69. The van der Waals surface area contributed by atoms with Gasteiger partial charge in [0.2, 0.25) is 0 Å². The summed E-state index contributed by atoms with van der Waals surface area (Å²) in [7, 11) is -1.28. The summed E-state index contributed by atoms with van der Waals surface area (Å²) in [5.74, 6) is 0. The number of furan rings is 1. The van der Waals surface area contributed by atoms with E-state index in [4.69, 9.17) is 4.42 Å². The molecule has 0 atom stereocenters. The van der Waals surface area contributed by atoms with Crippen molar-refractivity contribution in [3.05, 3.63) is 164 Å². The lowest BCUT2D eigenvalue weighted by atomic mass is 10.00. The Morgan fingerprint density at radius 3 is 2.13 bits per heavy atom. The molecule has 0 saturated heterocycles. The van der Waals surface area contributed by atoms with Crippen molar-refractivity contribution in [3.63, 3.8) is 0 Å². The fraction of sp³-hybridized carbons (Fsp3) is 0.0417. The zero-order valence-electron chi connectivity index (χ0n) is 28.8. The molecule has 248 valence electrons. The lowest BCUT2D eigenvalue weighted by Gasteiger charge is -2.31. The van der Waals surface area contributed by atoms with Gasteiger partial charge < -0.3 is 9.32 Å². The quantitative estimate of drug-likeness (QED) is 0.181. The molecule has 3 heterocycles. The van der Waals surface area contributed by atoms with Gasteiger partial charge in [-0.2, -0.15) is 10.0 Å². The number of fused-ring (bicyclic) bond motifs is 11. The minimum atomic E-state index is -1.28. The maximum absolute atomic E-state index is 6.42. The van der Waals surface area contributed by atoms with Gasteiger partial charge in [0.1, 0.15) is 11.2 Å². The molecule has 0 spiro atoms. The van der Waals surface area contributed by atoms with E-state index in [1.54, 1.807) is 0 Å². The Hall–Kier alpha value is -5.81. The topological polar surface area (TPSA) is 16.4 Å². The Morgan fingerprint density at radius 2 is 1.25 bits per heavy atom. The summed E-state index contributed by atoms with van der Waals surface area (Å²) >= 11 is 1.93. The SMILES string of the molecule is CS1(C)c2cc(N(c3ccc(-c4ccc5ccccc5c4)cc3)c3cccc4oc5ccccc5c34)ccc2-c2c1ccc1c2sc2ccccc21. The minimum absolute atomic E-state index is 0.892. The highest BCUT2D eigenvalue weighted by molar-refractivity contribution is 8.33. The van der Waals surface area contributed by atoms with Crippen LogP contribution >= 0.6 is 21.4 Å². The molecule has 0 saturated carbocycles. The van der Waals surface area contributed by atoms with Crippen LogP contribution < -0.4 is 4.90 Å². The maximum atomic E-state index is 6.42. The minimum Gasteiger partial charge on any atom is -0.456 e. The summed E-state index contributed by atoms with van der Waals surface area (Å²) < 4.78 is 9.17. The van der Waals surface area contributed by atoms with Crippen LogP contribution in [-0.4, -0.2) is 12.5 Å². The molecule has 0 fully saturated rings. The highest BCUT2D eigenvalue weighted by atomic mass is 32.3. The van der Waals surface area contributed by atoms with Gasteiger partial charge in [-0.1, -0.05) is 103 Å². The van der Waals surface area contributed by atoms with Crippen LogP contribution in [0.2, 0.25) is 0 Å². The Labute approximate surface area is 307 Å². The average molecular weight is 704 g/mol. The van der Waals surface area contributed by atoms with Gasteiger partial charge in [-0.15, -0.1) is 11.3 Å². The molecule has 52 heavy (non-hydrogen) atoms. The molecule has 2 nitrogen and oxygen atoms in total. The van der Waals surface area contributed by atoms with Gasteiger partial charge in [0, 0.05) is 52.3 Å². The molecule has 2 aromatic heterocycles. The molecule has 11 rings (SSSR count). The first-order valence-electron chi connectivity index (χ1n) is 17.6. The number of benzene rings is 8. The summed E-state index contributed by atoms with van der Waals surface area (Å²) in [4.78, 5) is 5.35. The number of nitrogens with zero attached hydrogens (tertiary/aromatic N) is 1. The fourth-order valence-electron chi connectivity index (χ4n) is 8.39. The second kappa shape index (κ2) is 11.1. The largest absolute Gasteiger partial charge is 0.456 e. The molecule has 0 amide bonds. The van der Waals surface area contributed by atoms with Gasteiger partial charge in [0.05, 0.1) is 11.1 Å². The molecule has 1 aliphatic heterocycles. The first-order valence-corrected chi connectivity index (χ1v) is 20.9. The van der Waals surface area contributed by atoms with Gasteiger partial charge in [-0.05, 0) is 101 Å². The van der Waals surface area contributed by atoms with Crippen LogP contribution in [0.25, 0.3) is 75.1 Å². The lowest BCUT2D eigenvalue weighted by molar-refractivity contribution is 0.669. The predicted octanol–water partition coefficient (Wildman–Crippen LogP) is 14.7. The molecular formula is C48H33NOS2. The molecule has 0 unspecified atom stereocenters.